The molecule has 0 amide bonds. The summed E-state index contributed by atoms with van der Waals surface area (Å²) in [6, 6.07) is 13.5. The number of hydrogen-bond donors (Lipinski definition) is 1. The molecule has 0 aliphatic heterocycles. The standard InChI is InChI=1S/C13H14N2O/c14-8-7-11-4-3-5-12(10-11)16-13-6-1-2-9-15-13/h1-6,9-10H,7-8,14H2. The minimum Gasteiger partial charge on any atom is -0.439 e. The smallest absolute Gasteiger partial charge is 0.219 e. The number of ether oxygens (including phenoxy) is 1. The van der Waals surface area contributed by atoms with Crippen molar-refractivity contribution in [1.82, 2.24) is 4.98 Å². The molecule has 3 heteroatoms. The Bertz CT molecular complexity index is 443. The topological polar surface area (TPSA) is 48.1 Å². The van der Waals surface area contributed by atoms with Crippen LogP contribution >= 0.6 is 0 Å². The number of aromatic nitrogens is 1. The first kappa shape index (κ1) is 10.6. The molecule has 0 atom stereocenters. The molecule has 2 N–H and O–H groups in total. The fraction of sp³-hybridized carbons (Fsp3) is 0.154. The predicted molar refractivity (Wildman–Crippen MR) is 63.5 cm³/mol. The fourth-order valence-corrected chi connectivity index (χ4v) is 1.46. The van der Waals surface area contributed by atoms with Crippen LogP contribution in [0.25, 0.3) is 0 Å². The Balaban J connectivity index is 2.12. The van der Waals surface area contributed by atoms with Gasteiger partial charge in [-0.1, -0.05) is 18.2 Å². The van der Waals surface area contributed by atoms with E-state index < -0.39 is 0 Å². The molecule has 0 aliphatic carbocycles. The van der Waals surface area contributed by atoms with E-state index in [1.165, 1.54) is 5.56 Å². The lowest BCUT2D eigenvalue weighted by Gasteiger charge is -2.05. The summed E-state index contributed by atoms with van der Waals surface area (Å²) in [6.45, 7) is 0.646. The van der Waals surface area contributed by atoms with Gasteiger partial charge in [-0.15, -0.1) is 0 Å². The van der Waals surface area contributed by atoms with Gasteiger partial charge in [0.1, 0.15) is 5.75 Å². The Morgan fingerprint density at radius 2 is 2.06 bits per heavy atom. The molecule has 0 unspecified atom stereocenters. The molecule has 0 bridgehead atoms. The minimum absolute atomic E-state index is 0.604. The quantitative estimate of drug-likeness (QED) is 0.850. The normalized spacial score (nSPS) is 10.1. The highest BCUT2D eigenvalue weighted by molar-refractivity contribution is 5.31. The van der Waals surface area contributed by atoms with Crippen molar-refractivity contribution in [3.8, 4) is 11.6 Å². The van der Waals surface area contributed by atoms with Gasteiger partial charge in [0.25, 0.3) is 0 Å². The highest BCUT2D eigenvalue weighted by Gasteiger charge is 1.98. The van der Waals surface area contributed by atoms with Gasteiger partial charge in [0.2, 0.25) is 5.88 Å². The summed E-state index contributed by atoms with van der Waals surface area (Å²) >= 11 is 0. The van der Waals surface area contributed by atoms with Crippen LogP contribution in [0.2, 0.25) is 0 Å². The predicted octanol–water partition coefficient (Wildman–Crippen LogP) is 2.38. The molecule has 0 spiro atoms. The Hall–Kier alpha value is -1.87. The molecule has 0 fully saturated rings. The number of nitrogens with zero attached hydrogens (tertiary/aromatic N) is 1. The fourth-order valence-electron chi connectivity index (χ4n) is 1.46. The van der Waals surface area contributed by atoms with Crippen molar-refractivity contribution in [1.29, 1.82) is 0 Å². The van der Waals surface area contributed by atoms with E-state index in [0.29, 0.717) is 12.4 Å². The van der Waals surface area contributed by atoms with E-state index >= 15 is 0 Å². The molecule has 0 saturated heterocycles. The lowest BCUT2D eigenvalue weighted by atomic mass is 10.1. The van der Waals surface area contributed by atoms with E-state index in [2.05, 4.69) is 4.98 Å². The van der Waals surface area contributed by atoms with Crippen molar-refractivity contribution in [3.05, 3.63) is 54.2 Å². The van der Waals surface area contributed by atoms with Crippen LogP contribution in [0.3, 0.4) is 0 Å². The third kappa shape index (κ3) is 2.81. The number of nitrogens with two attached hydrogens (primary N) is 1. The van der Waals surface area contributed by atoms with Crippen molar-refractivity contribution in [2.45, 2.75) is 6.42 Å². The first-order chi connectivity index (χ1) is 7.88. The largest absolute Gasteiger partial charge is 0.439 e. The molecule has 82 valence electrons. The van der Waals surface area contributed by atoms with E-state index in [0.717, 1.165) is 12.2 Å². The molecule has 0 saturated carbocycles. The Labute approximate surface area is 94.9 Å². The van der Waals surface area contributed by atoms with Gasteiger partial charge in [0.05, 0.1) is 0 Å². The van der Waals surface area contributed by atoms with E-state index in [1.54, 1.807) is 6.20 Å². The zero-order chi connectivity index (χ0) is 11.2. The van der Waals surface area contributed by atoms with Crippen molar-refractivity contribution in [3.63, 3.8) is 0 Å². The van der Waals surface area contributed by atoms with Gasteiger partial charge in [-0.25, -0.2) is 4.98 Å². The lowest BCUT2D eigenvalue weighted by Crippen LogP contribution is -2.02. The first-order valence-corrected chi connectivity index (χ1v) is 5.26. The van der Waals surface area contributed by atoms with E-state index in [9.17, 15) is 0 Å². The molecule has 2 aromatic rings. The van der Waals surface area contributed by atoms with Crippen LogP contribution in [0, 0.1) is 0 Å². The summed E-state index contributed by atoms with van der Waals surface area (Å²) in [7, 11) is 0. The highest BCUT2D eigenvalue weighted by Crippen LogP contribution is 2.19. The second-order valence-corrected chi connectivity index (χ2v) is 3.46. The molecular formula is C13H14N2O. The van der Waals surface area contributed by atoms with Crippen molar-refractivity contribution in [2.24, 2.45) is 5.73 Å². The highest BCUT2D eigenvalue weighted by atomic mass is 16.5. The maximum absolute atomic E-state index is 5.61. The second-order valence-electron chi connectivity index (χ2n) is 3.46. The molecule has 3 nitrogen and oxygen atoms in total. The van der Waals surface area contributed by atoms with E-state index in [-0.39, 0.29) is 0 Å². The Morgan fingerprint density at radius 3 is 2.81 bits per heavy atom. The van der Waals surface area contributed by atoms with Crippen molar-refractivity contribution < 1.29 is 4.74 Å². The van der Waals surface area contributed by atoms with Crippen molar-refractivity contribution in [2.75, 3.05) is 6.54 Å². The maximum Gasteiger partial charge on any atom is 0.219 e. The molecule has 0 aliphatic rings. The molecule has 1 aromatic carbocycles. The summed E-state index contributed by atoms with van der Waals surface area (Å²) in [5.74, 6) is 1.40. The third-order valence-corrected chi connectivity index (χ3v) is 2.19. The van der Waals surface area contributed by atoms with Crippen LogP contribution in [-0.2, 0) is 6.42 Å². The second kappa shape index (κ2) is 5.28. The zero-order valence-corrected chi connectivity index (χ0v) is 8.97. The van der Waals surface area contributed by atoms with Crippen LogP contribution in [0.15, 0.2) is 48.7 Å². The van der Waals surface area contributed by atoms with Gasteiger partial charge in [-0.05, 0) is 36.7 Å². The average molecular weight is 214 g/mol. The van der Waals surface area contributed by atoms with E-state index in [1.807, 2.05) is 42.5 Å². The van der Waals surface area contributed by atoms with Crippen LogP contribution in [0.5, 0.6) is 11.6 Å². The minimum atomic E-state index is 0.604. The molecule has 0 radical (unpaired) electrons. The lowest BCUT2D eigenvalue weighted by molar-refractivity contribution is 0.462. The molecule has 1 aromatic heterocycles. The van der Waals surface area contributed by atoms with Gasteiger partial charge in [0.15, 0.2) is 0 Å². The third-order valence-electron chi connectivity index (χ3n) is 2.19. The molecule has 1 heterocycles. The number of pyridine rings is 1. The Kier molecular flexibility index (Phi) is 3.51. The first-order valence-electron chi connectivity index (χ1n) is 5.26. The zero-order valence-electron chi connectivity index (χ0n) is 8.97. The molecular weight excluding hydrogens is 200 g/mol. The van der Waals surface area contributed by atoms with Crippen LogP contribution in [0.1, 0.15) is 5.56 Å². The van der Waals surface area contributed by atoms with Gasteiger partial charge in [-0.3, -0.25) is 0 Å². The summed E-state index contributed by atoms with van der Waals surface area (Å²) in [4.78, 5) is 4.10. The number of hydrogen-bond acceptors (Lipinski definition) is 3. The van der Waals surface area contributed by atoms with Gasteiger partial charge >= 0.3 is 0 Å². The van der Waals surface area contributed by atoms with Crippen LogP contribution < -0.4 is 10.5 Å². The number of rotatable bonds is 4. The monoisotopic (exact) mass is 214 g/mol. The van der Waals surface area contributed by atoms with Gasteiger partial charge < -0.3 is 10.5 Å². The van der Waals surface area contributed by atoms with Crippen LogP contribution in [0.4, 0.5) is 0 Å². The summed E-state index contributed by atoms with van der Waals surface area (Å²) in [6.07, 6.45) is 2.57. The van der Waals surface area contributed by atoms with Crippen LogP contribution in [-0.4, -0.2) is 11.5 Å². The number of benzene rings is 1. The molecule has 2 rings (SSSR count). The summed E-state index contributed by atoms with van der Waals surface area (Å²) in [5, 5.41) is 0. The SMILES string of the molecule is NCCc1cccc(Oc2ccccn2)c1. The van der Waals surface area contributed by atoms with E-state index in [4.69, 9.17) is 10.5 Å². The van der Waals surface area contributed by atoms with Gasteiger partial charge in [0, 0.05) is 12.3 Å². The summed E-state index contributed by atoms with van der Waals surface area (Å²) in [5.41, 5.74) is 6.69. The summed E-state index contributed by atoms with van der Waals surface area (Å²) < 4.78 is 5.61. The Morgan fingerprint density at radius 1 is 1.12 bits per heavy atom. The molecule has 16 heavy (non-hydrogen) atoms. The maximum atomic E-state index is 5.61. The van der Waals surface area contributed by atoms with Gasteiger partial charge in [-0.2, -0.15) is 0 Å². The average Bonchev–Trinajstić information content (AvgIpc) is 2.31. The van der Waals surface area contributed by atoms with Crippen molar-refractivity contribution >= 4 is 0 Å².